The minimum absolute atomic E-state index is 0.0374. The number of aromatic hydroxyl groups is 1. The lowest BCUT2D eigenvalue weighted by molar-refractivity contribution is -0.436. The molecule has 1 spiro atoms. The zero-order chi connectivity index (χ0) is 46.2. The second-order valence-electron chi connectivity index (χ2n) is 18.1. The molecule has 1 aliphatic heterocycles. The fourth-order valence-corrected chi connectivity index (χ4v) is 12.0. The summed E-state index contributed by atoms with van der Waals surface area (Å²) in [5.74, 6) is -3.78. The number of esters is 2. The Morgan fingerprint density at radius 2 is 1.66 bits per heavy atom. The number of phenolic OH excluding ortho intramolecular Hbond substituents is 1. The van der Waals surface area contributed by atoms with Crippen molar-refractivity contribution in [3.05, 3.63) is 42.0 Å². The Kier molecular flexibility index (Phi) is 17.8. The molecule has 8 unspecified atom stereocenters. The van der Waals surface area contributed by atoms with E-state index < -0.39 is 90.1 Å². The summed E-state index contributed by atoms with van der Waals surface area (Å²) in [4.78, 5) is 52.2. The highest BCUT2D eigenvalue weighted by Crippen LogP contribution is 2.70. The summed E-state index contributed by atoms with van der Waals surface area (Å²) in [6.07, 6.45) is -4.68. The van der Waals surface area contributed by atoms with E-state index in [2.05, 4.69) is 37.6 Å². The SMILES string of the molecule is C=C1C2CCC3C4(C)CC(O[C@@H]5O[C@@H](COC(=O)CCC(=O)NCCc6ccc(O)cc6)[C@@H](OSOOO)[C@H](OSOOO)C5OC(=O)CC(C)C)CC(C(=O)O)C4CCC3(C2)[C@H]1O. The summed E-state index contributed by atoms with van der Waals surface area (Å²) < 4.78 is 45.2. The number of hydrogen-bond acceptors (Lipinski definition) is 20. The molecular weight excluding hydrogens is 887 g/mol. The molecule has 20 nitrogen and oxygen atoms in total. The number of aliphatic hydroxyl groups excluding tert-OH is 1. The lowest BCUT2D eigenvalue weighted by Crippen LogP contribution is -2.63. The third-order valence-electron chi connectivity index (χ3n) is 13.9. The number of aliphatic carboxylic acids is 1. The van der Waals surface area contributed by atoms with Crippen LogP contribution in [-0.4, -0.2) is 106 Å². The van der Waals surface area contributed by atoms with Gasteiger partial charge in [0.2, 0.25) is 5.91 Å². The standard InChI is InChI=1S/C42H59NO19S2/c1-22(2)17-34(47)56-37-36(58-64-62-60-52)35(57-63-61-59-51)30(21-53-33(46)12-11-32(45)43-16-14-24-5-8-26(44)9-6-24)55-40(37)54-27-18-28(39(49)50)29-13-15-42-19-25(23(3)38(42)48)7-10-31(42)41(29,4)20-27/h5-6,8-9,22,25,27-31,35-38,40,44,48,51-52H,3,7,10-21H2,1-2,4H3,(H,43,45)(H,49,50)/t25?,27?,28?,29?,30-,31?,35+,36-,37?,38-,40+,41?,42?/m0/s1. The van der Waals surface area contributed by atoms with Crippen LogP contribution in [0.15, 0.2) is 36.4 Å². The van der Waals surface area contributed by atoms with Crippen molar-refractivity contribution in [2.75, 3.05) is 13.2 Å². The van der Waals surface area contributed by atoms with Crippen LogP contribution in [0.1, 0.15) is 90.5 Å². The number of amides is 1. The fraction of sp³-hybridized carbons (Fsp3) is 0.714. The first kappa shape index (κ1) is 50.3. The normalized spacial score (nSPS) is 34.4. The average Bonchev–Trinajstić information content (AvgIpc) is 3.42. The van der Waals surface area contributed by atoms with Gasteiger partial charge in [-0.05, 0) is 104 Å². The van der Waals surface area contributed by atoms with Gasteiger partial charge < -0.3 is 39.6 Å². The quantitative estimate of drug-likeness (QED) is 0.0161. The number of carboxylic acid groups (broad SMARTS) is 1. The maximum atomic E-state index is 13.4. The molecule has 1 heterocycles. The zero-order valence-corrected chi connectivity index (χ0v) is 37.5. The van der Waals surface area contributed by atoms with Crippen LogP contribution in [0, 0.1) is 40.4 Å². The third-order valence-corrected chi connectivity index (χ3v) is 14.7. The van der Waals surface area contributed by atoms with Gasteiger partial charge in [0.15, 0.2) is 37.0 Å². The number of benzene rings is 1. The zero-order valence-electron chi connectivity index (χ0n) is 35.9. The number of nitrogens with one attached hydrogen (secondary N) is 1. The van der Waals surface area contributed by atoms with Crippen LogP contribution in [0.25, 0.3) is 0 Å². The number of rotatable bonds is 22. The van der Waals surface area contributed by atoms with Gasteiger partial charge in [0, 0.05) is 24.8 Å². The molecule has 1 saturated heterocycles. The maximum absolute atomic E-state index is 13.4. The average molecular weight is 946 g/mol. The summed E-state index contributed by atoms with van der Waals surface area (Å²) in [5.41, 5.74) is 0.684. The minimum atomic E-state index is -1.52. The number of ether oxygens (including phenoxy) is 4. The smallest absolute Gasteiger partial charge is 0.306 e. The number of fused-ring (bicyclic) bond motifs is 3. The van der Waals surface area contributed by atoms with E-state index >= 15 is 0 Å². The predicted molar refractivity (Wildman–Crippen MR) is 222 cm³/mol. The van der Waals surface area contributed by atoms with E-state index in [1.807, 2.05) is 0 Å². The third kappa shape index (κ3) is 11.7. The number of carboxylic acids is 1. The van der Waals surface area contributed by atoms with Gasteiger partial charge in [0.25, 0.3) is 0 Å². The lowest BCUT2D eigenvalue weighted by atomic mass is 9.43. The van der Waals surface area contributed by atoms with Crippen LogP contribution in [0.2, 0.25) is 0 Å². The Morgan fingerprint density at radius 3 is 2.33 bits per heavy atom. The number of carbonyl (C=O) groups is 4. The Hall–Kier alpha value is -3.10. The monoisotopic (exact) mass is 945 g/mol. The second kappa shape index (κ2) is 22.6. The first-order valence-electron chi connectivity index (χ1n) is 21.5. The molecule has 5 fully saturated rings. The van der Waals surface area contributed by atoms with E-state index in [4.69, 9.17) is 37.8 Å². The maximum Gasteiger partial charge on any atom is 0.306 e. The van der Waals surface area contributed by atoms with Gasteiger partial charge in [0.1, 0.15) is 30.7 Å². The summed E-state index contributed by atoms with van der Waals surface area (Å²) in [6.45, 7) is 9.66. The molecule has 358 valence electrons. The lowest BCUT2D eigenvalue weighted by Gasteiger charge is -2.62. The molecule has 0 aromatic heterocycles. The van der Waals surface area contributed by atoms with Gasteiger partial charge >= 0.3 is 17.9 Å². The van der Waals surface area contributed by atoms with Crippen molar-refractivity contribution < 1.29 is 91.1 Å². The summed E-state index contributed by atoms with van der Waals surface area (Å²) in [7, 11) is 0. The van der Waals surface area contributed by atoms with Crippen molar-refractivity contribution in [2.24, 2.45) is 40.4 Å². The Balaban J connectivity index is 1.23. The molecular formula is C42H59NO19S2. The van der Waals surface area contributed by atoms with Crippen molar-refractivity contribution in [1.82, 2.24) is 5.32 Å². The molecule has 64 heavy (non-hydrogen) atoms. The number of carbonyl (C=O) groups excluding carboxylic acids is 3. The number of hydrogen-bond donors (Lipinski definition) is 6. The molecule has 1 aromatic rings. The van der Waals surface area contributed by atoms with E-state index in [0.717, 1.165) is 30.4 Å². The second-order valence-corrected chi connectivity index (χ2v) is 19.1. The van der Waals surface area contributed by atoms with Crippen LogP contribution < -0.4 is 5.32 Å². The van der Waals surface area contributed by atoms with Crippen LogP contribution in [0.3, 0.4) is 0 Å². The summed E-state index contributed by atoms with van der Waals surface area (Å²) >= 11 is 0.238. The first-order valence-corrected chi connectivity index (χ1v) is 22.8. The van der Waals surface area contributed by atoms with Gasteiger partial charge in [-0.1, -0.05) is 49.6 Å². The molecule has 4 aliphatic carbocycles. The molecule has 1 aromatic carbocycles. The Bertz CT molecular complexity index is 1770. The largest absolute Gasteiger partial charge is 0.508 e. The topological polar surface area (TPSA) is 274 Å². The highest BCUT2D eigenvalue weighted by Gasteiger charge is 2.67. The fourth-order valence-electron chi connectivity index (χ4n) is 11.2. The number of aliphatic hydroxyl groups is 1. The highest BCUT2D eigenvalue weighted by atomic mass is 32.2. The summed E-state index contributed by atoms with van der Waals surface area (Å²) in [6, 6.07) is 6.54. The van der Waals surface area contributed by atoms with Crippen molar-refractivity contribution in [3.8, 4) is 5.75 Å². The molecule has 0 radical (unpaired) electrons. The van der Waals surface area contributed by atoms with Gasteiger partial charge in [-0.2, -0.15) is 0 Å². The van der Waals surface area contributed by atoms with E-state index in [1.54, 1.807) is 26.0 Å². The van der Waals surface area contributed by atoms with E-state index in [9.17, 15) is 34.5 Å². The van der Waals surface area contributed by atoms with E-state index in [0.29, 0.717) is 25.7 Å². The van der Waals surface area contributed by atoms with E-state index in [1.165, 1.54) is 12.1 Å². The van der Waals surface area contributed by atoms with Crippen molar-refractivity contribution in [1.29, 1.82) is 0 Å². The van der Waals surface area contributed by atoms with Gasteiger partial charge in [-0.3, -0.25) is 27.5 Å². The molecule has 6 rings (SSSR count). The molecule has 13 atom stereocenters. The molecule has 2 bridgehead atoms. The van der Waals surface area contributed by atoms with Crippen molar-refractivity contribution in [3.63, 3.8) is 0 Å². The van der Waals surface area contributed by atoms with Crippen molar-refractivity contribution >= 4 is 48.5 Å². The number of phenols is 1. The van der Waals surface area contributed by atoms with Crippen LogP contribution in [0.5, 0.6) is 5.75 Å². The Labute approximate surface area is 379 Å². The van der Waals surface area contributed by atoms with Crippen LogP contribution in [-0.2, 0) is 71.7 Å². The predicted octanol–water partition coefficient (Wildman–Crippen LogP) is 5.43. The molecule has 1 amide bonds. The van der Waals surface area contributed by atoms with Crippen LogP contribution in [0.4, 0.5) is 0 Å². The van der Waals surface area contributed by atoms with Crippen molar-refractivity contribution in [2.45, 2.75) is 134 Å². The molecule has 22 heteroatoms. The van der Waals surface area contributed by atoms with Crippen LogP contribution >= 0.6 is 24.6 Å². The van der Waals surface area contributed by atoms with Gasteiger partial charge in [-0.15, -0.1) is 8.67 Å². The Morgan fingerprint density at radius 1 is 0.953 bits per heavy atom. The van der Waals surface area contributed by atoms with Gasteiger partial charge in [0.05, 0.1) is 24.5 Å². The molecule has 4 saturated carbocycles. The van der Waals surface area contributed by atoms with Gasteiger partial charge in [-0.25, -0.2) is 10.5 Å². The molecule has 6 N–H and O–H groups in total. The summed E-state index contributed by atoms with van der Waals surface area (Å²) in [5, 5.41) is 59.8. The molecule has 5 aliphatic rings. The van der Waals surface area contributed by atoms with E-state index in [-0.39, 0.29) is 86.3 Å². The highest BCUT2D eigenvalue weighted by molar-refractivity contribution is 7.90. The first-order chi connectivity index (χ1) is 30.6. The minimum Gasteiger partial charge on any atom is -0.508 e.